The molecular formula is C12H16N2O2. The highest BCUT2D eigenvalue weighted by molar-refractivity contribution is 5.95. The van der Waals surface area contributed by atoms with Crippen molar-refractivity contribution in [2.24, 2.45) is 0 Å². The van der Waals surface area contributed by atoms with Crippen LogP contribution in [0.15, 0.2) is 18.3 Å². The third-order valence-electron chi connectivity index (χ3n) is 3.24. The molecule has 0 aromatic carbocycles. The molecule has 1 aromatic rings. The predicted octanol–water partition coefficient (Wildman–Crippen LogP) is 1.03. The minimum Gasteiger partial charge on any atom is -0.394 e. The number of aryl methyl sites for hydroxylation is 1. The molecule has 2 N–H and O–H groups in total. The van der Waals surface area contributed by atoms with Gasteiger partial charge in [0.1, 0.15) is 0 Å². The van der Waals surface area contributed by atoms with Crippen molar-refractivity contribution in [3.05, 3.63) is 29.6 Å². The van der Waals surface area contributed by atoms with Crippen molar-refractivity contribution in [2.45, 2.75) is 31.7 Å². The maximum atomic E-state index is 12.0. The normalized spacial score (nSPS) is 17.6. The van der Waals surface area contributed by atoms with Gasteiger partial charge in [-0.05, 0) is 38.3 Å². The van der Waals surface area contributed by atoms with Gasteiger partial charge in [0.15, 0.2) is 0 Å². The van der Waals surface area contributed by atoms with E-state index in [9.17, 15) is 9.90 Å². The summed E-state index contributed by atoms with van der Waals surface area (Å²) in [6.07, 6.45) is 4.44. The second kappa shape index (κ2) is 4.22. The number of hydrogen-bond acceptors (Lipinski definition) is 3. The number of rotatable bonds is 3. The Hall–Kier alpha value is -1.42. The predicted molar refractivity (Wildman–Crippen MR) is 60.1 cm³/mol. The number of pyridine rings is 1. The zero-order chi connectivity index (χ0) is 11.6. The van der Waals surface area contributed by atoms with Gasteiger partial charge in [-0.15, -0.1) is 0 Å². The molecule has 1 aliphatic rings. The third-order valence-corrected chi connectivity index (χ3v) is 3.24. The number of carbonyl (C=O) groups is 1. The van der Waals surface area contributed by atoms with Gasteiger partial charge in [-0.3, -0.25) is 9.78 Å². The number of carbonyl (C=O) groups excluding carboxylic acids is 1. The largest absolute Gasteiger partial charge is 0.394 e. The van der Waals surface area contributed by atoms with Crippen LogP contribution in [0.5, 0.6) is 0 Å². The number of hydrogen-bond donors (Lipinski definition) is 2. The summed E-state index contributed by atoms with van der Waals surface area (Å²) in [5.41, 5.74) is 0.911. The molecule has 0 unspecified atom stereocenters. The van der Waals surface area contributed by atoms with Crippen molar-refractivity contribution in [1.82, 2.24) is 10.3 Å². The fourth-order valence-electron chi connectivity index (χ4n) is 1.96. The molecular weight excluding hydrogens is 204 g/mol. The van der Waals surface area contributed by atoms with Gasteiger partial charge in [-0.25, -0.2) is 0 Å². The Morgan fingerprint density at radius 2 is 2.38 bits per heavy atom. The molecule has 0 bridgehead atoms. The van der Waals surface area contributed by atoms with E-state index < -0.39 is 0 Å². The van der Waals surface area contributed by atoms with Crippen molar-refractivity contribution >= 4 is 5.91 Å². The molecule has 1 saturated carbocycles. The lowest BCUT2D eigenvalue weighted by Gasteiger charge is -2.41. The summed E-state index contributed by atoms with van der Waals surface area (Å²) in [6.45, 7) is 1.82. The first-order valence-corrected chi connectivity index (χ1v) is 5.52. The van der Waals surface area contributed by atoms with Gasteiger partial charge in [-0.1, -0.05) is 0 Å². The van der Waals surface area contributed by atoms with Crippen LogP contribution in [0.2, 0.25) is 0 Å². The number of aliphatic hydroxyl groups excluding tert-OH is 1. The molecule has 86 valence electrons. The highest BCUT2D eigenvalue weighted by Gasteiger charge is 2.38. The Kier molecular flexibility index (Phi) is 2.92. The fraction of sp³-hybridized carbons (Fsp3) is 0.500. The molecule has 0 atom stereocenters. The van der Waals surface area contributed by atoms with Gasteiger partial charge in [0.2, 0.25) is 0 Å². The molecule has 0 radical (unpaired) electrons. The Morgan fingerprint density at radius 1 is 1.62 bits per heavy atom. The maximum absolute atomic E-state index is 12.0. The van der Waals surface area contributed by atoms with Crippen molar-refractivity contribution in [1.29, 1.82) is 0 Å². The number of aliphatic hydroxyl groups is 1. The minimum atomic E-state index is -0.390. The summed E-state index contributed by atoms with van der Waals surface area (Å²) in [4.78, 5) is 16.0. The van der Waals surface area contributed by atoms with Crippen LogP contribution >= 0.6 is 0 Å². The first kappa shape index (κ1) is 11.1. The van der Waals surface area contributed by atoms with Crippen LogP contribution in [-0.4, -0.2) is 28.1 Å². The van der Waals surface area contributed by atoms with Crippen LogP contribution in [0, 0.1) is 6.92 Å². The number of nitrogens with one attached hydrogen (secondary N) is 1. The SMILES string of the molecule is Cc1ncccc1C(=O)NC1(CO)CCC1. The van der Waals surface area contributed by atoms with Crippen LogP contribution in [0.1, 0.15) is 35.3 Å². The number of amides is 1. The highest BCUT2D eigenvalue weighted by atomic mass is 16.3. The lowest BCUT2D eigenvalue weighted by atomic mass is 9.77. The van der Waals surface area contributed by atoms with Crippen molar-refractivity contribution < 1.29 is 9.90 Å². The molecule has 0 saturated heterocycles. The summed E-state index contributed by atoms with van der Waals surface area (Å²) in [5.74, 6) is -0.139. The molecule has 4 heteroatoms. The standard InChI is InChI=1S/C12H16N2O2/c1-9-10(4-2-7-13-9)11(16)14-12(8-15)5-3-6-12/h2,4,7,15H,3,5-6,8H2,1H3,(H,14,16). The summed E-state index contributed by atoms with van der Waals surface area (Å²) in [7, 11) is 0. The summed E-state index contributed by atoms with van der Waals surface area (Å²) >= 11 is 0. The lowest BCUT2D eigenvalue weighted by Crippen LogP contribution is -2.56. The molecule has 1 aliphatic carbocycles. The smallest absolute Gasteiger partial charge is 0.253 e. The summed E-state index contributed by atoms with van der Waals surface area (Å²) in [5, 5.41) is 12.2. The Bertz CT molecular complexity index is 394. The van der Waals surface area contributed by atoms with E-state index in [-0.39, 0.29) is 18.1 Å². The van der Waals surface area contributed by atoms with Crippen molar-refractivity contribution in [3.8, 4) is 0 Å². The second-order valence-electron chi connectivity index (χ2n) is 4.38. The molecule has 0 spiro atoms. The van der Waals surface area contributed by atoms with Gasteiger partial charge >= 0.3 is 0 Å². The van der Waals surface area contributed by atoms with Gasteiger partial charge in [-0.2, -0.15) is 0 Å². The van der Waals surface area contributed by atoms with Gasteiger partial charge in [0.05, 0.1) is 17.7 Å². The van der Waals surface area contributed by atoms with E-state index in [2.05, 4.69) is 10.3 Å². The Labute approximate surface area is 94.7 Å². The molecule has 1 amide bonds. The quantitative estimate of drug-likeness (QED) is 0.800. The summed E-state index contributed by atoms with van der Waals surface area (Å²) < 4.78 is 0. The molecule has 16 heavy (non-hydrogen) atoms. The molecule has 1 fully saturated rings. The van der Waals surface area contributed by atoms with Crippen molar-refractivity contribution in [2.75, 3.05) is 6.61 Å². The van der Waals surface area contributed by atoms with Crippen molar-refractivity contribution in [3.63, 3.8) is 0 Å². The Morgan fingerprint density at radius 3 is 2.88 bits per heavy atom. The highest BCUT2D eigenvalue weighted by Crippen LogP contribution is 2.31. The van der Waals surface area contributed by atoms with E-state index in [0.717, 1.165) is 19.3 Å². The lowest BCUT2D eigenvalue weighted by molar-refractivity contribution is 0.0641. The van der Waals surface area contributed by atoms with E-state index in [0.29, 0.717) is 11.3 Å². The Balaban J connectivity index is 2.11. The first-order valence-electron chi connectivity index (χ1n) is 5.52. The van der Waals surface area contributed by atoms with Crippen LogP contribution < -0.4 is 5.32 Å². The zero-order valence-corrected chi connectivity index (χ0v) is 9.36. The van der Waals surface area contributed by atoms with E-state index in [4.69, 9.17) is 0 Å². The molecule has 1 aromatic heterocycles. The maximum Gasteiger partial charge on any atom is 0.253 e. The topological polar surface area (TPSA) is 62.2 Å². The average molecular weight is 220 g/mol. The van der Waals surface area contributed by atoms with Gasteiger partial charge < -0.3 is 10.4 Å². The average Bonchev–Trinajstić information content (AvgIpc) is 2.24. The second-order valence-corrected chi connectivity index (χ2v) is 4.38. The van der Waals surface area contributed by atoms with E-state index >= 15 is 0 Å². The van der Waals surface area contributed by atoms with Crippen LogP contribution in [-0.2, 0) is 0 Å². The van der Waals surface area contributed by atoms with E-state index in [1.807, 2.05) is 0 Å². The zero-order valence-electron chi connectivity index (χ0n) is 9.36. The molecule has 1 heterocycles. The van der Waals surface area contributed by atoms with Crippen LogP contribution in [0.4, 0.5) is 0 Å². The van der Waals surface area contributed by atoms with Gasteiger partial charge in [0.25, 0.3) is 5.91 Å². The molecule has 2 rings (SSSR count). The van der Waals surface area contributed by atoms with Gasteiger partial charge in [0, 0.05) is 11.9 Å². The first-order chi connectivity index (χ1) is 7.67. The van der Waals surface area contributed by atoms with Crippen LogP contribution in [0.3, 0.4) is 0 Å². The fourth-order valence-corrected chi connectivity index (χ4v) is 1.96. The minimum absolute atomic E-state index is 0.0120. The molecule has 4 nitrogen and oxygen atoms in total. The molecule has 0 aliphatic heterocycles. The van der Waals surface area contributed by atoms with E-state index in [1.165, 1.54) is 0 Å². The van der Waals surface area contributed by atoms with Crippen LogP contribution in [0.25, 0.3) is 0 Å². The van der Waals surface area contributed by atoms with E-state index in [1.54, 1.807) is 25.3 Å². The number of aromatic nitrogens is 1. The monoisotopic (exact) mass is 220 g/mol. The summed E-state index contributed by atoms with van der Waals surface area (Å²) in [6, 6.07) is 3.50. The third kappa shape index (κ3) is 1.93. The number of nitrogens with zero attached hydrogens (tertiary/aromatic N) is 1.